The largest absolute Gasteiger partial charge is 0.444 e. The Morgan fingerprint density at radius 1 is 0.927 bits per heavy atom. The summed E-state index contributed by atoms with van der Waals surface area (Å²) in [5, 5.41) is 6.00. The highest BCUT2D eigenvalue weighted by Crippen LogP contribution is 2.29. The number of unbranched alkanes of at least 4 members (excludes halogenated alkanes) is 2. The summed E-state index contributed by atoms with van der Waals surface area (Å²) in [7, 11) is 0. The first kappa shape index (κ1) is 33.9. The first-order valence-corrected chi connectivity index (χ1v) is 14.9. The zero-order chi connectivity index (χ0) is 30.9. The van der Waals surface area contributed by atoms with Gasteiger partial charge in [0, 0.05) is 12.2 Å². The van der Waals surface area contributed by atoms with Crippen LogP contribution in [-0.2, 0) is 14.3 Å². The van der Waals surface area contributed by atoms with E-state index in [0.29, 0.717) is 13.0 Å². The third-order valence-electron chi connectivity index (χ3n) is 7.29. The van der Waals surface area contributed by atoms with Gasteiger partial charge in [0.15, 0.2) is 0 Å². The smallest absolute Gasteiger partial charge is 0.408 e. The summed E-state index contributed by atoms with van der Waals surface area (Å²) in [6, 6.07) is 10.1. The van der Waals surface area contributed by atoms with Gasteiger partial charge in [0.05, 0.1) is 0 Å². The van der Waals surface area contributed by atoms with Gasteiger partial charge in [-0.2, -0.15) is 0 Å². The molecule has 0 saturated carbocycles. The van der Waals surface area contributed by atoms with Crippen molar-refractivity contribution in [1.29, 1.82) is 0 Å². The summed E-state index contributed by atoms with van der Waals surface area (Å²) in [4.78, 5) is 43.3. The molecule has 0 bridgehead atoms. The Kier molecular flexibility index (Phi) is 12.4. The summed E-state index contributed by atoms with van der Waals surface area (Å²) >= 11 is 0. The van der Waals surface area contributed by atoms with Crippen LogP contribution in [-0.4, -0.2) is 41.0 Å². The first-order valence-electron chi connectivity index (χ1n) is 14.9. The Morgan fingerprint density at radius 3 is 2.02 bits per heavy atom. The molecule has 3 unspecified atom stereocenters. The second kappa shape index (κ2) is 15.0. The fraction of sp³-hybridized carbons (Fsp3) is 0.559. The molecule has 2 aromatic carbocycles. The number of ether oxygens (including phenoxy) is 1. The van der Waals surface area contributed by atoms with Crippen molar-refractivity contribution in [3.05, 3.63) is 64.2 Å². The topological polar surface area (TPSA) is 87.7 Å². The van der Waals surface area contributed by atoms with Crippen molar-refractivity contribution >= 4 is 23.6 Å². The predicted octanol–water partition coefficient (Wildman–Crippen LogP) is 7.56. The number of aryl methyl sites for hydroxylation is 4. The van der Waals surface area contributed by atoms with Gasteiger partial charge >= 0.3 is 6.09 Å². The van der Waals surface area contributed by atoms with Gasteiger partial charge in [-0.05, 0) is 77.5 Å². The van der Waals surface area contributed by atoms with Crippen molar-refractivity contribution < 1.29 is 19.1 Å². The van der Waals surface area contributed by atoms with E-state index in [0.717, 1.165) is 52.8 Å². The van der Waals surface area contributed by atoms with Crippen LogP contribution in [0.15, 0.2) is 36.4 Å². The quantitative estimate of drug-likeness (QED) is 0.260. The van der Waals surface area contributed by atoms with Crippen molar-refractivity contribution in [3.8, 4) is 0 Å². The number of carbonyl (C=O) groups excluding carboxylic acids is 3. The molecule has 226 valence electrons. The Balaban J connectivity index is 2.65. The van der Waals surface area contributed by atoms with Crippen molar-refractivity contribution in [2.24, 2.45) is 5.92 Å². The monoisotopic (exact) mass is 565 g/mol. The number of nitrogens with zero attached hydrogens (tertiary/aromatic N) is 1. The first-order chi connectivity index (χ1) is 19.2. The summed E-state index contributed by atoms with van der Waals surface area (Å²) < 4.78 is 5.52. The number of hydrogen-bond acceptors (Lipinski definition) is 4. The maximum atomic E-state index is 14.5. The number of carbonyl (C=O) groups is 3. The molecule has 7 nitrogen and oxygen atoms in total. The Bertz CT molecular complexity index is 1160. The highest BCUT2D eigenvalue weighted by Gasteiger charge is 2.38. The standard InChI is InChI=1S/C34H51N3O4/c1-11-13-14-18-37(32(39)29(24(5)12-2)36-33(40)41-34(8,9)10)30(27-20-22(3)19-23(4)21-27)31(38)35-28-25(6)16-15-17-26(28)7/h15-17,19-21,24,29-30H,11-14,18H2,1-10H3,(H,35,38)(H,36,40). The van der Waals surface area contributed by atoms with Crippen LogP contribution in [0.2, 0.25) is 0 Å². The minimum atomic E-state index is -0.885. The third kappa shape index (κ3) is 9.91. The fourth-order valence-electron chi connectivity index (χ4n) is 5.04. The molecule has 0 heterocycles. The van der Waals surface area contributed by atoms with Crippen molar-refractivity contribution in [2.75, 3.05) is 11.9 Å². The predicted molar refractivity (Wildman–Crippen MR) is 167 cm³/mol. The number of para-hydroxylation sites is 1. The molecule has 0 radical (unpaired) electrons. The molecule has 41 heavy (non-hydrogen) atoms. The van der Waals surface area contributed by atoms with Crippen LogP contribution in [0.25, 0.3) is 0 Å². The lowest BCUT2D eigenvalue weighted by atomic mass is 9.94. The highest BCUT2D eigenvalue weighted by molar-refractivity contribution is 6.00. The van der Waals surface area contributed by atoms with Crippen LogP contribution < -0.4 is 10.6 Å². The Labute approximate surface area is 247 Å². The zero-order valence-corrected chi connectivity index (χ0v) is 26.8. The molecule has 7 heteroatoms. The second-order valence-corrected chi connectivity index (χ2v) is 12.3. The minimum absolute atomic E-state index is 0.176. The van der Waals surface area contributed by atoms with Gasteiger partial charge in [-0.15, -0.1) is 0 Å². The molecular formula is C34H51N3O4. The van der Waals surface area contributed by atoms with E-state index in [-0.39, 0.29) is 17.7 Å². The molecule has 2 N–H and O–H groups in total. The molecule has 0 fully saturated rings. The van der Waals surface area contributed by atoms with Gasteiger partial charge in [0.25, 0.3) is 5.91 Å². The number of alkyl carbamates (subject to hydrolysis) is 1. The minimum Gasteiger partial charge on any atom is -0.444 e. The molecule has 0 aliphatic heterocycles. The number of hydrogen-bond donors (Lipinski definition) is 2. The maximum absolute atomic E-state index is 14.5. The number of nitrogens with one attached hydrogen (secondary N) is 2. The molecular weight excluding hydrogens is 514 g/mol. The normalized spacial score (nSPS) is 13.6. The number of benzene rings is 2. The van der Waals surface area contributed by atoms with Crippen LogP contribution >= 0.6 is 0 Å². The SMILES string of the molecule is CCCCCN(C(=O)C(NC(=O)OC(C)(C)C)C(C)CC)C(C(=O)Nc1c(C)cccc1C)c1cc(C)cc(C)c1. The number of anilines is 1. The van der Waals surface area contributed by atoms with Crippen LogP contribution in [0.4, 0.5) is 10.5 Å². The van der Waals surface area contributed by atoms with E-state index in [9.17, 15) is 14.4 Å². The average molecular weight is 566 g/mol. The van der Waals surface area contributed by atoms with Gasteiger partial charge in [-0.25, -0.2) is 4.79 Å². The van der Waals surface area contributed by atoms with E-state index >= 15 is 0 Å². The lowest BCUT2D eigenvalue weighted by Crippen LogP contribution is -2.55. The maximum Gasteiger partial charge on any atom is 0.408 e. The molecule has 0 aromatic heterocycles. The molecule has 0 aliphatic rings. The van der Waals surface area contributed by atoms with Crippen LogP contribution in [0.5, 0.6) is 0 Å². The highest BCUT2D eigenvalue weighted by atomic mass is 16.6. The van der Waals surface area contributed by atoms with E-state index in [1.54, 1.807) is 25.7 Å². The summed E-state index contributed by atoms with van der Waals surface area (Å²) in [6.07, 6.45) is 2.63. The van der Waals surface area contributed by atoms with Crippen molar-refractivity contribution in [1.82, 2.24) is 10.2 Å². The Hall–Kier alpha value is -3.35. The molecule has 0 saturated heterocycles. The second-order valence-electron chi connectivity index (χ2n) is 12.3. The summed E-state index contributed by atoms with van der Waals surface area (Å²) in [5.41, 5.74) is 4.71. The molecule has 3 amide bonds. The van der Waals surface area contributed by atoms with Gasteiger partial charge in [-0.3, -0.25) is 9.59 Å². The van der Waals surface area contributed by atoms with Gasteiger partial charge in [-0.1, -0.05) is 87.6 Å². The lowest BCUT2D eigenvalue weighted by molar-refractivity contribution is -0.142. The van der Waals surface area contributed by atoms with Crippen molar-refractivity contribution in [3.63, 3.8) is 0 Å². The zero-order valence-electron chi connectivity index (χ0n) is 26.8. The van der Waals surface area contributed by atoms with Crippen LogP contribution in [0.1, 0.15) is 101 Å². The molecule has 0 aliphatic carbocycles. The van der Waals surface area contributed by atoms with Gasteiger partial charge < -0.3 is 20.3 Å². The fourth-order valence-corrected chi connectivity index (χ4v) is 5.04. The molecule has 0 spiro atoms. The molecule has 2 aromatic rings. The Morgan fingerprint density at radius 2 is 1.51 bits per heavy atom. The lowest BCUT2D eigenvalue weighted by Gasteiger charge is -2.36. The van der Waals surface area contributed by atoms with Gasteiger partial charge in [0.1, 0.15) is 17.7 Å². The van der Waals surface area contributed by atoms with E-state index in [1.165, 1.54) is 0 Å². The number of amides is 3. The molecule has 3 atom stereocenters. The number of rotatable bonds is 12. The third-order valence-corrected chi connectivity index (χ3v) is 7.29. The summed E-state index contributed by atoms with van der Waals surface area (Å²) in [5.74, 6) is -0.746. The average Bonchev–Trinajstić information content (AvgIpc) is 2.86. The van der Waals surface area contributed by atoms with E-state index < -0.39 is 23.8 Å². The van der Waals surface area contributed by atoms with E-state index in [2.05, 4.69) is 23.6 Å². The van der Waals surface area contributed by atoms with E-state index in [1.807, 2.05) is 71.9 Å². The van der Waals surface area contributed by atoms with Crippen molar-refractivity contribution in [2.45, 2.75) is 113 Å². The molecule has 2 rings (SSSR count). The van der Waals surface area contributed by atoms with Crippen LogP contribution in [0, 0.1) is 33.6 Å². The van der Waals surface area contributed by atoms with Gasteiger partial charge in [0.2, 0.25) is 5.91 Å². The van der Waals surface area contributed by atoms with E-state index in [4.69, 9.17) is 4.74 Å². The summed E-state index contributed by atoms with van der Waals surface area (Å²) in [6.45, 7) is 19.7. The van der Waals surface area contributed by atoms with Crippen LogP contribution in [0.3, 0.4) is 0 Å².